The second kappa shape index (κ2) is 9.01. The van der Waals surface area contributed by atoms with E-state index in [2.05, 4.69) is 5.32 Å². The van der Waals surface area contributed by atoms with Gasteiger partial charge in [-0.3, -0.25) is 4.79 Å². The number of fused-ring (bicyclic) bond motifs is 1. The van der Waals surface area contributed by atoms with Crippen LogP contribution in [0.4, 0.5) is 5.69 Å². The maximum absolute atomic E-state index is 12.5. The van der Waals surface area contributed by atoms with E-state index >= 15 is 0 Å². The van der Waals surface area contributed by atoms with Gasteiger partial charge >= 0.3 is 5.97 Å². The molecule has 2 heterocycles. The summed E-state index contributed by atoms with van der Waals surface area (Å²) < 4.78 is 16.7. The lowest BCUT2D eigenvalue weighted by atomic mass is 10.2. The first-order valence-corrected chi connectivity index (χ1v) is 10.6. The number of amides is 1. The van der Waals surface area contributed by atoms with Crippen molar-refractivity contribution in [3.8, 4) is 5.75 Å². The third kappa shape index (κ3) is 4.69. The number of rotatable bonds is 6. The predicted octanol–water partition coefficient (Wildman–Crippen LogP) is 6.42. The number of methoxy groups -OCH3 is 1. The van der Waals surface area contributed by atoms with Gasteiger partial charge in [0.2, 0.25) is 0 Å². The fourth-order valence-electron chi connectivity index (χ4n) is 2.85. The van der Waals surface area contributed by atoms with E-state index < -0.39 is 11.9 Å². The fourth-order valence-corrected chi connectivity index (χ4v) is 4.49. The van der Waals surface area contributed by atoms with Crippen LogP contribution in [0.1, 0.15) is 26.0 Å². The van der Waals surface area contributed by atoms with Gasteiger partial charge in [-0.1, -0.05) is 29.3 Å². The molecule has 0 saturated carbocycles. The zero-order valence-corrected chi connectivity index (χ0v) is 18.4. The van der Waals surface area contributed by atoms with Crippen molar-refractivity contribution in [2.75, 3.05) is 12.4 Å². The first-order chi connectivity index (χ1) is 14.9. The van der Waals surface area contributed by atoms with Crippen molar-refractivity contribution in [1.29, 1.82) is 0 Å². The van der Waals surface area contributed by atoms with Crippen LogP contribution in [0, 0.1) is 0 Å². The van der Waals surface area contributed by atoms with Crippen molar-refractivity contribution in [1.82, 2.24) is 0 Å². The summed E-state index contributed by atoms with van der Waals surface area (Å²) in [5, 5.41) is 4.39. The minimum Gasteiger partial charge on any atom is -0.486 e. The number of ether oxygens (including phenoxy) is 2. The predicted molar refractivity (Wildman–Crippen MR) is 121 cm³/mol. The number of thiophene rings is 1. The Morgan fingerprint density at radius 1 is 1.10 bits per heavy atom. The minimum absolute atomic E-state index is 0.143. The molecule has 1 amide bonds. The number of nitrogens with one attached hydrogen (secondary N) is 1. The minimum atomic E-state index is -0.500. The molecular weight excluding hydrogens is 461 g/mol. The summed E-state index contributed by atoms with van der Waals surface area (Å²) in [7, 11) is 1.30. The maximum atomic E-state index is 12.5. The molecule has 0 unspecified atom stereocenters. The van der Waals surface area contributed by atoms with Gasteiger partial charge in [0.05, 0.1) is 12.1 Å². The smallest absolute Gasteiger partial charge is 0.349 e. The molecular formula is C22H15Cl2NO5S. The molecule has 158 valence electrons. The van der Waals surface area contributed by atoms with Gasteiger partial charge in [-0.2, -0.15) is 0 Å². The van der Waals surface area contributed by atoms with Gasteiger partial charge in [0.1, 0.15) is 23.0 Å². The maximum Gasteiger partial charge on any atom is 0.349 e. The molecule has 0 spiro atoms. The van der Waals surface area contributed by atoms with E-state index in [1.165, 1.54) is 18.4 Å². The summed E-state index contributed by atoms with van der Waals surface area (Å²) in [5.74, 6) is 0.325. The van der Waals surface area contributed by atoms with Crippen LogP contribution in [0.3, 0.4) is 0 Å². The number of hydrogen-bond acceptors (Lipinski definition) is 6. The molecule has 0 atom stereocenters. The lowest BCUT2D eigenvalue weighted by Gasteiger charge is -2.05. The van der Waals surface area contributed by atoms with Crippen LogP contribution in [0.5, 0.6) is 5.75 Å². The summed E-state index contributed by atoms with van der Waals surface area (Å²) in [6.07, 6.45) is 0. The van der Waals surface area contributed by atoms with E-state index in [4.69, 9.17) is 37.1 Å². The third-order valence-corrected chi connectivity index (χ3v) is 6.19. The van der Waals surface area contributed by atoms with E-state index in [-0.39, 0.29) is 12.4 Å². The molecule has 0 fully saturated rings. The van der Waals surface area contributed by atoms with E-state index in [1.54, 1.807) is 54.6 Å². The van der Waals surface area contributed by atoms with Gasteiger partial charge < -0.3 is 19.2 Å². The van der Waals surface area contributed by atoms with E-state index in [1.807, 2.05) is 0 Å². The Labute approximate surface area is 191 Å². The quantitative estimate of drug-likeness (QED) is 0.325. The average molecular weight is 476 g/mol. The molecule has 1 N–H and O–H groups in total. The molecule has 0 radical (unpaired) electrons. The van der Waals surface area contributed by atoms with Crippen LogP contribution in [-0.4, -0.2) is 19.0 Å². The zero-order valence-electron chi connectivity index (χ0n) is 16.1. The summed E-state index contributed by atoms with van der Waals surface area (Å²) in [5.41, 5.74) is 0.542. The van der Waals surface area contributed by atoms with Crippen LogP contribution >= 0.6 is 34.5 Å². The molecule has 4 rings (SSSR count). The SMILES string of the molecule is COC(=O)c1sc2cc(NC(=O)c3ccc(COc4cccc(Cl)c4)o3)ccc2c1Cl. The van der Waals surface area contributed by atoms with Gasteiger partial charge in [-0.25, -0.2) is 4.79 Å². The van der Waals surface area contributed by atoms with Crippen molar-refractivity contribution < 1.29 is 23.5 Å². The van der Waals surface area contributed by atoms with Crippen molar-refractivity contribution >= 4 is 62.2 Å². The number of furan rings is 1. The Kier molecular flexibility index (Phi) is 6.18. The molecule has 0 aliphatic carbocycles. The molecule has 0 aliphatic heterocycles. The Balaban J connectivity index is 1.44. The third-order valence-electron chi connectivity index (χ3n) is 4.32. The van der Waals surface area contributed by atoms with Crippen molar-refractivity contribution in [3.05, 3.63) is 81.0 Å². The van der Waals surface area contributed by atoms with Crippen LogP contribution in [0.25, 0.3) is 10.1 Å². The number of benzene rings is 2. The van der Waals surface area contributed by atoms with Gasteiger partial charge in [0.15, 0.2) is 5.76 Å². The number of esters is 1. The molecule has 2 aromatic heterocycles. The van der Waals surface area contributed by atoms with E-state index in [9.17, 15) is 9.59 Å². The molecule has 31 heavy (non-hydrogen) atoms. The molecule has 0 saturated heterocycles. The average Bonchev–Trinajstić information content (AvgIpc) is 3.36. The standard InChI is InChI=1S/C22H15Cl2NO5S/c1-28-22(27)20-19(24)16-7-5-13(10-18(16)31-20)25-21(26)17-8-6-15(30-17)11-29-14-4-2-3-12(23)9-14/h2-10H,11H2,1H3,(H,25,26). The Morgan fingerprint density at radius 3 is 2.71 bits per heavy atom. The number of carbonyl (C=O) groups is 2. The number of carbonyl (C=O) groups excluding carboxylic acids is 2. The largest absolute Gasteiger partial charge is 0.486 e. The normalized spacial score (nSPS) is 10.8. The zero-order chi connectivity index (χ0) is 22.0. The molecule has 9 heteroatoms. The van der Waals surface area contributed by atoms with Crippen molar-refractivity contribution in [3.63, 3.8) is 0 Å². The van der Waals surface area contributed by atoms with Crippen LogP contribution < -0.4 is 10.1 Å². The highest BCUT2D eigenvalue weighted by atomic mass is 35.5. The Bertz CT molecular complexity index is 1280. The number of hydrogen-bond donors (Lipinski definition) is 1. The lowest BCUT2D eigenvalue weighted by Crippen LogP contribution is -2.10. The van der Waals surface area contributed by atoms with E-state index in [0.29, 0.717) is 37.5 Å². The number of anilines is 1. The van der Waals surface area contributed by atoms with Crippen LogP contribution in [-0.2, 0) is 11.3 Å². The molecule has 2 aromatic carbocycles. The highest BCUT2D eigenvalue weighted by Crippen LogP contribution is 2.37. The van der Waals surface area contributed by atoms with Gasteiger partial charge in [-0.05, 0) is 48.5 Å². The van der Waals surface area contributed by atoms with Gasteiger partial charge in [-0.15, -0.1) is 11.3 Å². The molecule has 4 aromatic rings. The topological polar surface area (TPSA) is 77.8 Å². The summed E-state index contributed by atoms with van der Waals surface area (Å²) in [6.45, 7) is 0.156. The molecule has 0 aliphatic rings. The molecule has 0 bridgehead atoms. The van der Waals surface area contributed by atoms with Crippen molar-refractivity contribution in [2.45, 2.75) is 6.61 Å². The summed E-state index contributed by atoms with van der Waals surface area (Å²) >= 11 is 13.4. The molecule has 6 nitrogen and oxygen atoms in total. The van der Waals surface area contributed by atoms with E-state index in [0.717, 1.165) is 4.70 Å². The Hall–Kier alpha value is -3.00. The van der Waals surface area contributed by atoms with Crippen LogP contribution in [0.15, 0.2) is 59.0 Å². The monoisotopic (exact) mass is 475 g/mol. The first-order valence-electron chi connectivity index (χ1n) is 9.03. The Morgan fingerprint density at radius 2 is 1.94 bits per heavy atom. The summed E-state index contributed by atoms with van der Waals surface area (Å²) in [6, 6.07) is 15.4. The summed E-state index contributed by atoms with van der Waals surface area (Å²) in [4.78, 5) is 24.7. The lowest BCUT2D eigenvalue weighted by molar-refractivity contribution is 0.0606. The van der Waals surface area contributed by atoms with Gasteiger partial charge in [0.25, 0.3) is 5.91 Å². The highest BCUT2D eigenvalue weighted by Gasteiger charge is 2.18. The fraction of sp³-hybridized carbons (Fsp3) is 0.0909. The van der Waals surface area contributed by atoms with Crippen LogP contribution in [0.2, 0.25) is 10.0 Å². The van der Waals surface area contributed by atoms with Gasteiger partial charge in [0, 0.05) is 20.8 Å². The second-order valence-corrected chi connectivity index (χ2v) is 8.28. The second-order valence-electron chi connectivity index (χ2n) is 6.41. The number of halogens is 2. The first kappa shape index (κ1) is 21.2. The van der Waals surface area contributed by atoms with Crippen molar-refractivity contribution in [2.24, 2.45) is 0 Å². The highest BCUT2D eigenvalue weighted by molar-refractivity contribution is 7.21.